The third kappa shape index (κ3) is 2.26. The summed E-state index contributed by atoms with van der Waals surface area (Å²) in [6.45, 7) is 1.81. The van der Waals surface area contributed by atoms with Gasteiger partial charge in [-0.15, -0.1) is 0 Å². The van der Waals surface area contributed by atoms with E-state index in [1.165, 1.54) is 6.07 Å². The van der Waals surface area contributed by atoms with E-state index in [1.807, 2.05) is 6.92 Å². The topological polar surface area (TPSA) is 26.0 Å². The lowest BCUT2D eigenvalue weighted by Crippen LogP contribution is -2.29. The molecular weight excluding hydrogens is 191 g/mol. The van der Waals surface area contributed by atoms with E-state index < -0.39 is 12.2 Å². The van der Waals surface area contributed by atoms with Gasteiger partial charge in [0.05, 0.1) is 0 Å². The predicted octanol–water partition coefficient (Wildman–Crippen LogP) is 2.81. The number of aryl methyl sites for hydroxylation is 1. The smallest absolute Gasteiger partial charge is 0.316 e. The number of nitrogens with two attached hydrogens (primary N) is 1. The van der Waals surface area contributed by atoms with E-state index in [0.717, 1.165) is 0 Å². The normalized spacial score (nSPS) is 14.1. The van der Waals surface area contributed by atoms with Crippen LogP contribution in [-0.2, 0) is 6.42 Å². The molecule has 2 N–H and O–H groups in total. The molecule has 0 aliphatic heterocycles. The van der Waals surface area contributed by atoms with E-state index in [0.29, 0.717) is 12.0 Å². The Morgan fingerprint density at radius 3 is 2.36 bits per heavy atom. The van der Waals surface area contributed by atoms with Gasteiger partial charge in [0.1, 0.15) is 6.04 Å². The molecule has 0 amide bonds. The molecule has 0 saturated heterocycles. The quantitative estimate of drug-likeness (QED) is 0.785. The lowest BCUT2D eigenvalue weighted by Gasteiger charge is -2.18. The summed E-state index contributed by atoms with van der Waals surface area (Å²) in [6, 6.07) is 4.50. The minimum atomic E-state index is -4.37. The first kappa shape index (κ1) is 11.0. The number of hydrogen-bond acceptors (Lipinski definition) is 1. The molecule has 1 nitrogen and oxygen atoms in total. The first-order chi connectivity index (χ1) is 6.46. The van der Waals surface area contributed by atoms with Crippen LogP contribution in [-0.4, -0.2) is 6.18 Å². The van der Waals surface area contributed by atoms with Crippen LogP contribution in [0.25, 0.3) is 0 Å². The van der Waals surface area contributed by atoms with Crippen LogP contribution >= 0.6 is 0 Å². The summed E-state index contributed by atoms with van der Waals surface area (Å²) in [5, 5.41) is 0. The van der Waals surface area contributed by atoms with E-state index in [9.17, 15) is 13.2 Å². The number of hydrogen-bond donors (Lipinski definition) is 1. The van der Waals surface area contributed by atoms with E-state index >= 15 is 0 Å². The Bertz CT molecular complexity index is 306. The Hall–Kier alpha value is -1.03. The molecule has 1 aromatic carbocycles. The molecule has 0 aliphatic rings. The van der Waals surface area contributed by atoms with E-state index in [4.69, 9.17) is 5.73 Å². The highest BCUT2D eigenvalue weighted by Gasteiger charge is 2.38. The van der Waals surface area contributed by atoms with Crippen molar-refractivity contribution in [2.24, 2.45) is 5.73 Å². The Morgan fingerprint density at radius 2 is 1.86 bits per heavy atom. The standard InChI is InChI=1S/C10H12F3N/c1-2-7-5-3-4-6-8(7)9(14)10(11,12)13/h3-6,9H,2,14H2,1H3. The summed E-state index contributed by atoms with van der Waals surface area (Å²) in [4.78, 5) is 0. The van der Waals surface area contributed by atoms with Gasteiger partial charge in [0.25, 0.3) is 0 Å². The van der Waals surface area contributed by atoms with Gasteiger partial charge >= 0.3 is 6.18 Å². The van der Waals surface area contributed by atoms with Crippen molar-refractivity contribution in [3.8, 4) is 0 Å². The van der Waals surface area contributed by atoms with Crippen LogP contribution < -0.4 is 5.73 Å². The summed E-state index contributed by atoms with van der Waals surface area (Å²) in [6.07, 6.45) is -3.81. The molecule has 1 rings (SSSR count). The van der Waals surface area contributed by atoms with Crippen molar-refractivity contribution in [3.05, 3.63) is 35.4 Å². The molecule has 1 atom stereocenters. The molecule has 14 heavy (non-hydrogen) atoms. The fourth-order valence-electron chi connectivity index (χ4n) is 1.34. The molecule has 1 unspecified atom stereocenters. The van der Waals surface area contributed by atoms with Gasteiger partial charge in [0.2, 0.25) is 0 Å². The maximum atomic E-state index is 12.3. The summed E-state index contributed by atoms with van der Waals surface area (Å²) in [5.74, 6) is 0. The monoisotopic (exact) mass is 203 g/mol. The minimum absolute atomic E-state index is 0.169. The third-order valence-corrected chi connectivity index (χ3v) is 2.12. The molecule has 0 saturated carbocycles. The van der Waals surface area contributed by atoms with Gasteiger partial charge in [0.15, 0.2) is 0 Å². The average Bonchev–Trinajstić information content (AvgIpc) is 2.15. The van der Waals surface area contributed by atoms with Gasteiger partial charge in [0, 0.05) is 0 Å². The van der Waals surface area contributed by atoms with Crippen LogP contribution in [0.4, 0.5) is 13.2 Å². The summed E-state index contributed by atoms with van der Waals surface area (Å²) >= 11 is 0. The van der Waals surface area contributed by atoms with E-state index in [-0.39, 0.29) is 5.56 Å². The molecule has 0 aliphatic carbocycles. The maximum Gasteiger partial charge on any atom is 0.407 e. The maximum absolute atomic E-state index is 12.3. The van der Waals surface area contributed by atoms with Gasteiger partial charge in [-0.3, -0.25) is 0 Å². The second-order valence-corrected chi connectivity index (χ2v) is 3.07. The Balaban J connectivity index is 3.06. The summed E-state index contributed by atoms with van der Waals surface area (Å²) in [7, 11) is 0. The molecule has 0 aromatic heterocycles. The van der Waals surface area contributed by atoms with Crippen LogP contribution in [0.5, 0.6) is 0 Å². The molecule has 78 valence electrons. The number of alkyl halides is 3. The van der Waals surface area contributed by atoms with Gasteiger partial charge in [-0.05, 0) is 17.5 Å². The van der Waals surface area contributed by atoms with Crippen molar-refractivity contribution < 1.29 is 13.2 Å². The molecular formula is C10H12F3N. The Labute approximate surface area is 80.7 Å². The molecule has 0 heterocycles. The number of halogens is 3. The highest BCUT2D eigenvalue weighted by atomic mass is 19.4. The zero-order valence-electron chi connectivity index (χ0n) is 7.81. The lowest BCUT2D eigenvalue weighted by molar-refractivity contribution is -0.149. The highest BCUT2D eigenvalue weighted by molar-refractivity contribution is 5.30. The van der Waals surface area contributed by atoms with Crippen molar-refractivity contribution in [2.75, 3.05) is 0 Å². The van der Waals surface area contributed by atoms with Gasteiger partial charge < -0.3 is 5.73 Å². The number of rotatable bonds is 2. The van der Waals surface area contributed by atoms with Crippen LogP contribution in [0.15, 0.2) is 24.3 Å². The van der Waals surface area contributed by atoms with Crippen molar-refractivity contribution in [1.29, 1.82) is 0 Å². The first-order valence-corrected chi connectivity index (χ1v) is 4.37. The van der Waals surface area contributed by atoms with Crippen molar-refractivity contribution >= 4 is 0 Å². The van der Waals surface area contributed by atoms with Crippen LogP contribution in [0.3, 0.4) is 0 Å². The lowest BCUT2D eigenvalue weighted by atomic mass is 9.99. The van der Waals surface area contributed by atoms with Crippen LogP contribution in [0.1, 0.15) is 24.1 Å². The predicted molar refractivity (Wildman–Crippen MR) is 48.8 cm³/mol. The van der Waals surface area contributed by atoms with Crippen LogP contribution in [0, 0.1) is 0 Å². The Kier molecular flexibility index (Phi) is 3.16. The van der Waals surface area contributed by atoms with E-state index in [2.05, 4.69) is 0 Å². The second kappa shape index (κ2) is 4.00. The molecule has 0 radical (unpaired) electrons. The van der Waals surface area contributed by atoms with Crippen LogP contribution in [0.2, 0.25) is 0 Å². The Morgan fingerprint density at radius 1 is 1.29 bits per heavy atom. The minimum Gasteiger partial charge on any atom is -0.316 e. The molecule has 0 fully saturated rings. The third-order valence-electron chi connectivity index (χ3n) is 2.12. The fourth-order valence-corrected chi connectivity index (χ4v) is 1.34. The second-order valence-electron chi connectivity index (χ2n) is 3.07. The summed E-state index contributed by atoms with van der Waals surface area (Å²) < 4.78 is 37.0. The highest BCUT2D eigenvalue weighted by Crippen LogP contribution is 2.32. The molecule has 4 heteroatoms. The first-order valence-electron chi connectivity index (χ1n) is 4.37. The molecule has 0 spiro atoms. The van der Waals surface area contributed by atoms with Gasteiger partial charge in [-0.25, -0.2) is 0 Å². The van der Waals surface area contributed by atoms with Gasteiger partial charge in [-0.1, -0.05) is 31.2 Å². The SMILES string of the molecule is CCc1ccccc1C(N)C(F)(F)F. The van der Waals surface area contributed by atoms with E-state index in [1.54, 1.807) is 18.2 Å². The molecule has 0 bridgehead atoms. The van der Waals surface area contributed by atoms with Crippen molar-refractivity contribution in [1.82, 2.24) is 0 Å². The average molecular weight is 203 g/mol. The zero-order chi connectivity index (χ0) is 10.8. The van der Waals surface area contributed by atoms with Crippen molar-refractivity contribution in [2.45, 2.75) is 25.6 Å². The zero-order valence-corrected chi connectivity index (χ0v) is 7.81. The fraction of sp³-hybridized carbons (Fsp3) is 0.400. The number of benzene rings is 1. The van der Waals surface area contributed by atoms with Crippen molar-refractivity contribution in [3.63, 3.8) is 0 Å². The largest absolute Gasteiger partial charge is 0.407 e. The molecule has 1 aromatic rings. The van der Waals surface area contributed by atoms with Gasteiger partial charge in [-0.2, -0.15) is 13.2 Å². The summed E-state index contributed by atoms with van der Waals surface area (Å²) in [5.41, 5.74) is 5.94.